The number of H-pyrrole nitrogens is 1. The molecule has 0 unspecified atom stereocenters. The van der Waals surface area contributed by atoms with Crippen LogP contribution in [-0.4, -0.2) is 36.8 Å². The van der Waals surface area contributed by atoms with Crippen molar-refractivity contribution in [1.82, 2.24) is 9.29 Å². The van der Waals surface area contributed by atoms with Gasteiger partial charge in [-0.3, -0.25) is 4.31 Å². The van der Waals surface area contributed by atoms with E-state index >= 15 is 0 Å². The number of carbonyl (C=O) groups excluding carboxylic acids is 1. The molecule has 0 amide bonds. The Bertz CT molecular complexity index is 1440. The minimum Gasteiger partial charge on any atom is -0.462 e. The van der Waals surface area contributed by atoms with Gasteiger partial charge in [0, 0.05) is 23.6 Å². The maximum absolute atomic E-state index is 13.3. The van der Waals surface area contributed by atoms with E-state index in [1.54, 1.807) is 24.3 Å². The number of aromatic amines is 1. The summed E-state index contributed by atoms with van der Waals surface area (Å²) in [6.45, 7) is 1.12. The van der Waals surface area contributed by atoms with E-state index in [4.69, 9.17) is 4.74 Å². The minimum atomic E-state index is -5.23. The van der Waals surface area contributed by atoms with Crippen LogP contribution < -0.4 is 0 Å². The third-order valence-electron chi connectivity index (χ3n) is 5.60. The summed E-state index contributed by atoms with van der Waals surface area (Å²) in [5.41, 5.74) is -2.29. The Kier molecular flexibility index (Phi) is 6.31. The second kappa shape index (κ2) is 8.87. The molecule has 1 aliphatic rings. The van der Waals surface area contributed by atoms with Gasteiger partial charge in [0.2, 0.25) is 0 Å². The van der Waals surface area contributed by atoms with Crippen molar-refractivity contribution in [1.29, 1.82) is 0 Å². The Hall–Kier alpha value is -3.48. The summed E-state index contributed by atoms with van der Waals surface area (Å²) >= 11 is 0. The number of alkyl halides is 6. The molecule has 4 rings (SSSR count). The summed E-state index contributed by atoms with van der Waals surface area (Å²) < 4.78 is 112. The van der Waals surface area contributed by atoms with Crippen molar-refractivity contribution < 1.29 is 44.3 Å². The van der Waals surface area contributed by atoms with Gasteiger partial charge in [-0.1, -0.05) is 18.2 Å². The van der Waals surface area contributed by atoms with Crippen LogP contribution in [-0.2, 0) is 38.3 Å². The lowest BCUT2D eigenvalue weighted by atomic mass is 10.0. The number of fused-ring (bicyclic) bond motifs is 3. The summed E-state index contributed by atoms with van der Waals surface area (Å²) in [6, 6.07) is 7.07. The van der Waals surface area contributed by atoms with Crippen molar-refractivity contribution in [3.8, 4) is 0 Å². The first-order chi connectivity index (χ1) is 16.7. The van der Waals surface area contributed by atoms with Gasteiger partial charge in [0.25, 0.3) is 10.0 Å². The molecule has 2 heterocycles. The number of hydrogen-bond donors (Lipinski definition) is 1. The second-order valence-electron chi connectivity index (χ2n) is 7.89. The molecule has 0 fully saturated rings. The van der Waals surface area contributed by atoms with E-state index in [0.29, 0.717) is 20.8 Å². The van der Waals surface area contributed by atoms with Crippen molar-refractivity contribution >= 4 is 32.5 Å². The first kappa shape index (κ1) is 25.6. The molecule has 36 heavy (non-hydrogen) atoms. The van der Waals surface area contributed by atoms with E-state index in [-0.39, 0.29) is 49.0 Å². The van der Waals surface area contributed by atoms with Gasteiger partial charge in [-0.2, -0.15) is 26.3 Å². The summed E-state index contributed by atoms with van der Waals surface area (Å²) in [5, 5.41) is 0.681. The van der Waals surface area contributed by atoms with Crippen molar-refractivity contribution in [2.75, 3.05) is 13.2 Å². The minimum absolute atomic E-state index is 0.0169. The quantitative estimate of drug-likeness (QED) is 0.363. The van der Waals surface area contributed by atoms with Crippen molar-refractivity contribution in [3.05, 3.63) is 71.0 Å². The lowest BCUT2D eigenvalue weighted by molar-refractivity contribution is -0.143. The highest BCUT2D eigenvalue weighted by Gasteiger charge is 2.39. The molecule has 0 saturated heterocycles. The highest BCUT2D eigenvalue weighted by molar-refractivity contribution is 7.89. The molecule has 3 aromatic rings. The van der Waals surface area contributed by atoms with Crippen LogP contribution in [0.3, 0.4) is 0 Å². The fourth-order valence-electron chi connectivity index (χ4n) is 3.95. The van der Waals surface area contributed by atoms with Crippen LogP contribution in [0.4, 0.5) is 26.3 Å². The van der Waals surface area contributed by atoms with Gasteiger partial charge in [0.05, 0.1) is 28.3 Å². The number of halogens is 6. The van der Waals surface area contributed by atoms with E-state index in [2.05, 4.69) is 4.98 Å². The number of aromatic nitrogens is 1. The fourth-order valence-corrected chi connectivity index (χ4v) is 5.35. The molecule has 0 atom stereocenters. The highest BCUT2D eigenvalue weighted by Crippen LogP contribution is 2.39. The zero-order chi connectivity index (χ0) is 26.5. The van der Waals surface area contributed by atoms with Crippen LogP contribution in [0.15, 0.2) is 53.6 Å². The SMILES string of the molecule is CCOC(=O)C1=CN(S(=O)(=O)c2cc(C(F)(F)F)cc(C(F)(F)F)c2)CCc2c1[nH]c1ccccc21. The Morgan fingerprint density at radius 2 is 1.64 bits per heavy atom. The van der Waals surface area contributed by atoms with Crippen molar-refractivity contribution in [2.24, 2.45) is 0 Å². The topological polar surface area (TPSA) is 79.5 Å². The number of ether oxygens (including phenoxy) is 1. The number of nitrogens with one attached hydrogen (secondary N) is 1. The molecule has 0 radical (unpaired) electrons. The van der Waals surface area contributed by atoms with Crippen molar-refractivity contribution in [2.45, 2.75) is 30.6 Å². The summed E-state index contributed by atoms with van der Waals surface area (Å²) in [6.07, 6.45) is -9.57. The molecule has 6 nitrogen and oxygen atoms in total. The maximum Gasteiger partial charge on any atom is 0.416 e. The van der Waals surface area contributed by atoms with Gasteiger partial charge < -0.3 is 9.72 Å². The second-order valence-corrected chi connectivity index (χ2v) is 9.79. The molecule has 0 aliphatic carbocycles. The standard InChI is InChI=1S/C23H18F6N2O4S/c1-2-35-21(32)18-12-31(8-7-17-16-5-3-4-6-19(16)30-20(17)18)36(33,34)15-10-13(22(24,25)26)9-14(11-15)23(27,28)29/h3-6,9-12,30H,2,7-8H2,1H3. The lowest BCUT2D eigenvalue weighted by Crippen LogP contribution is -2.29. The Balaban J connectivity index is 1.88. The van der Waals surface area contributed by atoms with E-state index < -0.39 is 44.4 Å². The van der Waals surface area contributed by atoms with E-state index in [9.17, 15) is 39.6 Å². The molecule has 1 aromatic heterocycles. The predicted molar refractivity (Wildman–Crippen MR) is 117 cm³/mol. The summed E-state index contributed by atoms with van der Waals surface area (Å²) in [5.74, 6) is -0.910. The Morgan fingerprint density at radius 1 is 1.03 bits per heavy atom. The molecule has 0 saturated carbocycles. The monoisotopic (exact) mass is 532 g/mol. The van der Waals surface area contributed by atoms with Gasteiger partial charge in [0.1, 0.15) is 5.57 Å². The van der Waals surface area contributed by atoms with Gasteiger partial charge in [-0.25, -0.2) is 13.2 Å². The van der Waals surface area contributed by atoms with Gasteiger partial charge >= 0.3 is 18.3 Å². The third kappa shape index (κ3) is 4.66. The number of para-hydroxylation sites is 1. The zero-order valence-electron chi connectivity index (χ0n) is 18.5. The third-order valence-corrected chi connectivity index (χ3v) is 7.34. The molecule has 2 aromatic carbocycles. The van der Waals surface area contributed by atoms with Crippen LogP contribution >= 0.6 is 0 Å². The molecule has 192 valence electrons. The lowest BCUT2D eigenvalue weighted by Gasteiger charge is -2.22. The number of hydrogen-bond acceptors (Lipinski definition) is 4. The first-order valence-corrected chi connectivity index (χ1v) is 12.0. The predicted octanol–water partition coefficient (Wildman–Crippen LogP) is 5.36. The highest BCUT2D eigenvalue weighted by atomic mass is 32.2. The molecular weight excluding hydrogens is 514 g/mol. The number of nitrogens with zero attached hydrogens (tertiary/aromatic N) is 1. The Labute approximate surface area is 201 Å². The van der Waals surface area contributed by atoms with Crippen LogP contribution in [0.1, 0.15) is 29.3 Å². The summed E-state index contributed by atoms with van der Waals surface area (Å²) in [7, 11) is -4.95. The van der Waals surface area contributed by atoms with Crippen LogP contribution in [0, 0.1) is 0 Å². The largest absolute Gasteiger partial charge is 0.462 e. The van der Waals surface area contributed by atoms with Crippen LogP contribution in [0.5, 0.6) is 0 Å². The number of benzene rings is 2. The average molecular weight is 532 g/mol. The fraction of sp³-hybridized carbons (Fsp3) is 0.261. The molecule has 0 bridgehead atoms. The van der Waals surface area contributed by atoms with Crippen LogP contribution in [0.25, 0.3) is 16.5 Å². The zero-order valence-corrected chi connectivity index (χ0v) is 19.3. The molecular formula is C23H18F6N2O4S. The Morgan fingerprint density at radius 3 is 2.22 bits per heavy atom. The summed E-state index contributed by atoms with van der Waals surface area (Å²) in [4.78, 5) is 14.6. The van der Waals surface area contributed by atoms with E-state index in [1.807, 2.05) is 0 Å². The number of carbonyl (C=O) groups is 1. The molecule has 13 heteroatoms. The van der Waals surface area contributed by atoms with Crippen molar-refractivity contribution in [3.63, 3.8) is 0 Å². The molecule has 1 N–H and O–H groups in total. The van der Waals surface area contributed by atoms with Gasteiger partial charge in [-0.15, -0.1) is 0 Å². The number of sulfonamides is 1. The van der Waals surface area contributed by atoms with Gasteiger partial charge in [-0.05, 0) is 43.2 Å². The van der Waals surface area contributed by atoms with E-state index in [1.165, 1.54) is 6.92 Å². The maximum atomic E-state index is 13.3. The molecule has 1 aliphatic heterocycles. The van der Waals surface area contributed by atoms with Crippen LogP contribution in [0.2, 0.25) is 0 Å². The van der Waals surface area contributed by atoms with Gasteiger partial charge in [0.15, 0.2) is 0 Å². The normalized spacial score (nSPS) is 14.9. The first-order valence-electron chi connectivity index (χ1n) is 10.5. The number of esters is 1. The smallest absolute Gasteiger partial charge is 0.416 e. The average Bonchev–Trinajstić information content (AvgIpc) is 3.04. The number of rotatable bonds is 4. The van der Waals surface area contributed by atoms with E-state index in [0.717, 1.165) is 6.20 Å². The molecule has 0 spiro atoms.